The molecule has 1 fully saturated rings. The zero-order valence-corrected chi connectivity index (χ0v) is 9.96. The van der Waals surface area contributed by atoms with Crippen molar-refractivity contribution in [1.82, 2.24) is 0 Å². The van der Waals surface area contributed by atoms with E-state index in [9.17, 15) is 9.18 Å². The van der Waals surface area contributed by atoms with Gasteiger partial charge in [0.05, 0.1) is 11.4 Å². The van der Waals surface area contributed by atoms with E-state index in [-0.39, 0.29) is 17.8 Å². The summed E-state index contributed by atoms with van der Waals surface area (Å²) >= 11 is 0. The number of carbonyl (C=O) groups is 1. The maximum absolute atomic E-state index is 14.0. The zero-order valence-electron chi connectivity index (χ0n) is 9.96. The van der Waals surface area contributed by atoms with Gasteiger partial charge in [-0.2, -0.15) is 0 Å². The summed E-state index contributed by atoms with van der Waals surface area (Å²) in [7, 11) is 0. The molecule has 3 rings (SSSR count). The number of fused-ring (bicyclic) bond motifs is 1. The van der Waals surface area contributed by atoms with Crippen LogP contribution in [0.2, 0.25) is 0 Å². The highest BCUT2D eigenvalue weighted by Crippen LogP contribution is 2.51. The Balaban J connectivity index is 2.20. The van der Waals surface area contributed by atoms with E-state index in [0.29, 0.717) is 11.4 Å². The van der Waals surface area contributed by atoms with Crippen LogP contribution in [0.5, 0.6) is 0 Å². The fourth-order valence-electron chi connectivity index (χ4n) is 2.76. The minimum absolute atomic E-state index is 0.00398. The van der Waals surface area contributed by atoms with E-state index in [1.165, 1.54) is 6.07 Å². The molecular weight excluding hydrogens is 219 g/mol. The lowest BCUT2D eigenvalue weighted by Crippen LogP contribution is -2.53. The first kappa shape index (κ1) is 10.6. The average molecular weight is 234 g/mol. The summed E-state index contributed by atoms with van der Waals surface area (Å²) in [5, 5.41) is 2.82. The van der Waals surface area contributed by atoms with Crippen LogP contribution in [0.3, 0.4) is 0 Å². The minimum Gasteiger partial charge on any atom is -0.350 e. The van der Waals surface area contributed by atoms with E-state index < -0.39 is 5.54 Å². The molecule has 17 heavy (non-hydrogen) atoms. The summed E-state index contributed by atoms with van der Waals surface area (Å²) < 4.78 is 14.0. The summed E-state index contributed by atoms with van der Waals surface area (Å²) in [5.41, 5.74) is 0.629. The van der Waals surface area contributed by atoms with Gasteiger partial charge in [0.2, 0.25) is 5.91 Å². The van der Waals surface area contributed by atoms with Crippen molar-refractivity contribution in [3.05, 3.63) is 24.0 Å². The van der Waals surface area contributed by atoms with Crippen molar-refractivity contribution >= 4 is 17.3 Å². The normalized spacial score (nSPS) is 20.5. The summed E-state index contributed by atoms with van der Waals surface area (Å²) in [5.74, 6) is -0.258. The quantitative estimate of drug-likeness (QED) is 0.809. The van der Waals surface area contributed by atoms with Crippen LogP contribution in [-0.4, -0.2) is 17.5 Å². The van der Waals surface area contributed by atoms with Crippen LogP contribution >= 0.6 is 0 Å². The first-order valence-electron chi connectivity index (χ1n) is 5.95. The minimum atomic E-state index is -0.497. The molecule has 4 heteroatoms. The number of rotatable bonds is 1. The molecule has 1 amide bonds. The Bertz CT molecular complexity index is 494. The molecule has 1 spiro atoms. The molecule has 0 atom stereocenters. The highest BCUT2D eigenvalue weighted by Gasteiger charge is 2.58. The second kappa shape index (κ2) is 3.22. The van der Waals surface area contributed by atoms with Crippen LogP contribution in [0, 0.1) is 5.82 Å². The molecule has 0 bridgehead atoms. The smallest absolute Gasteiger partial charge is 0.250 e. The topological polar surface area (TPSA) is 32.3 Å². The summed E-state index contributed by atoms with van der Waals surface area (Å²) in [4.78, 5) is 14.0. The predicted octanol–water partition coefficient (Wildman–Crippen LogP) is 2.53. The van der Waals surface area contributed by atoms with Gasteiger partial charge in [0.25, 0.3) is 0 Å². The molecule has 1 aromatic carbocycles. The third kappa shape index (κ3) is 1.30. The average Bonchev–Trinajstić information content (AvgIpc) is 3.02. The molecule has 0 unspecified atom stereocenters. The standard InChI is InChI=1S/C13H15FN2O/c1-8(2)16-11-9(14)4-3-5-10(11)15-12(17)13(16)6-7-13/h3-5,8H,6-7H2,1-2H3,(H,15,17). The second-order valence-electron chi connectivity index (χ2n) is 5.09. The Hall–Kier alpha value is -1.58. The van der Waals surface area contributed by atoms with E-state index in [1.54, 1.807) is 12.1 Å². The van der Waals surface area contributed by atoms with Gasteiger partial charge in [-0.3, -0.25) is 4.79 Å². The lowest BCUT2D eigenvalue weighted by atomic mass is 10.0. The van der Waals surface area contributed by atoms with Crippen molar-refractivity contribution in [2.24, 2.45) is 0 Å². The van der Waals surface area contributed by atoms with E-state index in [4.69, 9.17) is 0 Å². The lowest BCUT2D eigenvalue weighted by molar-refractivity contribution is -0.118. The fraction of sp³-hybridized carbons (Fsp3) is 0.462. The second-order valence-corrected chi connectivity index (χ2v) is 5.09. The van der Waals surface area contributed by atoms with Crippen molar-refractivity contribution in [2.75, 3.05) is 10.2 Å². The molecule has 0 radical (unpaired) electrons. The largest absolute Gasteiger partial charge is 0.350 e. The molecule has 1 aliphatic heterocycles. The Morgan fingerprint density at radius 1 is 1.41 bits per heavy atom. The van der Waals surface area contributed by atoms with E-state index >= 15 is 0 Å². The molecular formula is C13H15FN2O. The first-order valence-corrected chi connectivity index (χ1v) is 5.95. The van der Waals surface area contributed by atoms with Crippen LogP contribution in [0.1, 0.15) is 26.7 Å². The number of nitrogens with one attached hydrogen (secondary N) is 1. The number of nitrogens with zero attached hydrogens (tertiary/aromatic N) is 1. The van der Waals surface area contributed by atoms with Gasteiger partial charge in [0, 0.05) is 6.04 Å². The summed E-state index contributed by atoms with van der Waals surface area (Å²) in [6.07, 6.45) is 1.62. The van der Waals surface area contributed by atoms with Crippen molar-refractivity contribution < 1.29 is 9.18 Å². The number of anilines is 2. The van der Waals surface area contributed by atoms with Gasteiger partial charge in [0.15, 0.2) is 0 Å². The first-order chi connectivity index (χ1) is 8.06. The van der Waals surface area contributed by atoms with Crippen LogP contribution in [0.15, 0.2) is 18.2 Å². The molecule has 1 saturated carbocycles. The van der Waals surface area contributed by atoms with Crippen molar-refractivity contribution in [2.45, 2.75) is 38.3 Å². The lowest BCUT2D eigenvalue weighted by Gasteiger charge is -2.41. The van der Waals surface area contributed by atoms with Gasteiger partial charge >= 0.3 is 0 Å². The number of amides is 1. The molecule has 1 heterocycles. The third-order valence-corrected chi connectivity index (χ3v) is 3.60. The molecule has 3 nitrogen and oxygen atoms in total. The number of hydrogen-bond donors (Lipinski definition) is 1. The highest BCUT2D eigenvalue weighted by molar-refractivity contribution is 6.08. The number of para-hydroxylation sites is 1. The highest BCUT2D eigenvalue weighted by atomic mass is 19.1. The summed E-state index contributed by atoms with van der Waals surface area (Å²) in [6.45, 7) is 3.99. The Morgan fingerprint density at radius 2 is 2.12 bits per heavy atom. The molecule has 90 valence electrons. The molecule has 2 aliphatic rings. The predicted molar refractivity (Wildman–Crippen MR) is 64.6 cm³/mol. The maximum atomic E-state index is 14.0. The number of benzene rings is 1. The van der Waals surface area contributed by atoms with Crippen molar-refractivity contribution in [1.29, 1.82) is 0 Å². The van der Waals surface area contributed by atoms with Crippen LogP contribution in [0.25, 0.3) is 0 Å². The van der Waals surface area contributed by atoms with E-state index in [0.717, 1.165) is 12.8 Å². The fourth-order valence-corrected chi connectivity index (χ4v) is 2.76. The monoisotopic (exact) mass is 234 g/mol. The zero-order chi connectivity index (χ0) is 12.2. The number of halogens is 1. The Morgan fingerprint density at radius 3 is 2.71 bits per heavy atom. The number of hydrogen-bond acceptors (Lipinski definition) is 2. The van der Waals surface area contributed by atoms with Gasteiger partial charge < -0.3 is 10.2 Å². The van der Waals surface area contributed by atoms with Gasteiger partial charge in [0.1, 0.15) is 11.4 Å². The van der Waals surface area contributed by atoms with Crippen LogP contribution in [-0.2, 0) is 4.79 Å². The van der Waals surface area contributed by atoms with Gasteiger partial charge in [-0.15, -0.1) is 0 Å². The van der Waals surface area contributed by atoms with E-state index in [2.05, 4.69) is 5.32 Å². The molecule has 0 aromatic heterocycles. The molecule has 1 N–H and O–H groups in total. The summed E-state index contributed by atoms with van der Waals surface area (Å²) in [6, 6.07) is 4.93. The molecule has 1 aromatic rings. The molecule has 0 saturated heterocycles. The van der Waals surface area contributed by atoms with E-state index in [1.807, 2.05) is 18.7 Å². The van der Waals surface area contributed by atoms with Crippen LogP contribution < -0.4 is 10.2 Å². The van der Waals surface area contributed by atoms with Crippen LogP contribution in [0.4, 0.5) is 15.8 Å². The molecule has 1 aliphatic carbocycles. The third-order valence-electron chi connectivity index (χ3n) is 3.60. The maximum Gasteiger partial charge on any atom is 0.250 e. The SMILES string of the molecule is CC(C)N1c2c(F)cccc2NC(=O)C12CC2. The van der Waals surface area contributed by atoms with Gasteiger partial charge in [-0.1, -0.05) is 6.07 Å². The number of carbonyl (C=O) groups excluding carboxylic acids is 1. The Labute approximate surface area is 99.6 Å². The van der Waals surface area contributed by atoms with Crippen molar-refractivity contribution in [3.63, 3.8) is 0 Å². The van der Waals surface area contributed by atoms with Gasteiger partial charge in [-0.25, -0.2) is 4.39 Å². The van der Waals surface area contributed by atoms with Gasteiger partial charge in [-0.05, 0) is 38.8 Å². The Kier molecular flexibility index (Phi) is 2.00. The van der Waals surface area contributed by atoms with Crippen molar-refractivity contribution in [3.8, 4) is 0 Å².